The van der Waals surface area contributed by atoms with Gasteiger partial charge in [-0.2, -0.15) is 0 Å². The second-order valence-electron chi connectivity index (χ2n) is 6.01. The Hall–Kier alpha value is -2.68. The highest BCUT2D eigenvalue weighted by atomic mass is 35.5. The number of halogens is 1. The predicted molar refractivity (Wildman–Crippen MR) is 114 cm³/mol. The van der Waals surface area contributed by atoms with Crippen molar-refractivity contribution in [1.82, 2.24) is 5.32 Å². The molecule has 0 aromatic heterocycles. The molecule has 6 nitrogen and oxygen atoms in total. The number of thiocarbonyl (C=S) groups is 1. The summed E-state index contributed by atoms with van der Waals surface area (Å²) in [5.74, 6) is -1.17. The van der Waals surface area contributed by atoms with Gasteiger partial charge in [0.2, 0.25) is 5.91 Å². The average molecular weight is 430 g/mol. The summed E-state index contributed by atoms with van der Waals surface area (Å²) in [5, 5.41) is 5.82. The van der Waals surface area contributed by atoms with Crippen LogP contribution < -0.4 is 15.5 Å². The Bertz CT molecular complexity index is 1070. The second kappa shape index (κ2) is 7.38. The largest absolute Gasteiger partial charge is 0.325 e. The molecule has 0 atom stereocenters. The van der Waals surface area contributed by atoms with Crippen LogP contribution in [0.5, 0.6) is 0 Å². The lowest BCUT2D eigenvalue weighted by atomic mass is 10.1. The van der Waals surface area contributed by atoms with Crippen molar-refractivity contribution in [3.63, 3.8) is 0 Å². The van der Waals surface area contributed by atoms with E-state index in [0.717, 1.165) is 11.8 Å². The third kappa shape index (κ3) is 3.42. The van der Waals surface area contributed by atoms with E-state index in [4.69, 9.17) is 23.8 Å². The van der Waals surface area contributed by atoms with Crippen LogP contribution >= 0.6 is 35.6 Å². The number of thioether (sulfide) groups is 1. The van der Waals surface area contributed by atoms with Gasteiger partial charge in [0.05, 0.1) is 16.2 Å². The van der Waals surface area contributed by atoms with Crippen molar-refractivity contribution in [2.24, 2.45) is 0 Å². The van der Waals surface area contributed by atoms with E-state index in [2.05, 4.69) is 10.6 Å². The summed E-state index contributed by atoms with van der Waals surface area (Å²) in [5.41, 5.74) is 2.02. The molecule has 28 heavy (non-hydrogen) atoms. The van der Waals surface area contributed by atoms with Crippen molar-refractivity contribution in [3.05, 3.63) is 64.0 Å². The van der Waals surface area contributed by atoms with Gasteiger partial charge in [-0.25, -0.2) is 0 Å². The number of hydrogen-bond donors (Lipinski definition) is 2. The predicted octanol–water partition coefficient (Wildman–Crippen LogP) is 3.18. The summed E-state index contributed by atoms with van der Waals surface area (Å²) in [4.78, 5) is 39.4. The third-order valence-electron chi connectivity index (χ3n) is 4.20. The van der Waals surface area contributed by atoms with Crippen LogP contribution in [-0.2, 0) is 14.4 Å². The normalized spacial score (nSPS) is 18.3. The molecular formula is C19H12ClN3O3S2. The van der Waals surface area contributed by atoms with Gasteiger partial charge in [0, 0.05) is 16.3 Å². The summed E-state index contributed by atoms with van der Waals surface area (Å²) in [6.45, 7) is -0.189. The first-order chi connectivity index (χ1) is 13.4. The van der Waals surface area contributed by atoms with Crippen LogP contribution in [0.1, 0.15) is 5.56 Å². The molecule has 0 saturated carbocycles. The Morgan fingerprint density at radius 3 is 2.54 bits per heavy atom. The number of carbonyl (C=O) groups is 3. The van der Waals surface area contributed by atoms with Gasteiger partial charge >= 0.3 is 0 Å². The van der Waals surface area contributed by atoms with Gasteiger partial charge in [-0.3, -0.25) is 19.3 Å². The molecule has 0 bridgehead atoms. The molecule has 0 unspecified atom stereocenters. The molecule has 2 aromatic carbocycles. The Morgan fingerprint density at radius 1 is 1.14 bits per heavy atom. The molecule has 0 spiro atoms. The van der Waals surface area contributed by atoms with E-state index < -0.39 is 11.8 Å². The lowest BCUT2D eigenvalue weighted by Gasteiger charge is -2.16. The lowest BCUT2D eigenvalue weighted by Crippen LogP contribution is -2.35. The third-order valence-corrected chi connectivity index (χ3v) is 5.68. The van der Waals surface area contributed by atoms with E-state index in [0.29, 0.717) is 26.3 Å². The Labute approximate surface area is 174 Å². The maximum absolute atomic E-state index is 13.1. The molecule has 2 aliphatic heterocycles. The zero-order chi connectivity index (χ0) is 19.8. The minimum absolute atomic E-state index is 0.189. The highest BCUT2D eigenvalue weighted by molar-refractivity contribution is 8.27. The molecule has 3 amide bonds. The fourth-order valence-electron chi connectivity index (χ4n) is 3.01. The van der Waals surface area contributed by atoms with Crippen molar-refractivity contribution >= 4 is 74.6 Å². The molecule has 140 valence electrons. The van der Waals surface area contributed by atoms with Gasteiger partial charge in [0.15, 0.2) is 0 Å². The topological polar surface area (TPSA) is 78.5 Å². The van der Waals surface area contributed by atoms with Crippen LogP contribution in [0, 0.1) is 0 Å². The smallest absolute Gasteiger partial charge is 0.264 e. The SMILES string of the molecule is O=C(CN1C(=O)C(=C2SC(=S)NC2=O)c2ccccc21)Nc1ccc(Cl)cc1. The summed E-state index contributed by atoms with van der Waals surface area (Å²) < 4.78 is 0.303. The Morgan fingerprint density at radius 2 is 1.86 bits per heavy atom. The van der Waals surface area contributed by atoms with Crippen molar-refractivity contribution in [2.75, 3.05) is 16.8 Å². The van der Waals surface area contributed by atoms with Crippen LogP contribution in [-0.4, -0.2) is 28.6 Å². The highest BCUT2D eigenvalue weighted by Crippen LogP contribution is 2.42. The quantitative estimate of drug-likeness (QED) is 0.578. The number of rotatable bonds is 3. The van der Waals surface area contributed by atoms with Gasteiger partial charge in [0.1, 0.15) is 10.9 Å². The number of nitrogens with one attached hydrogen (secondary N) is 2. The number of benzene rings is 2. The van der Waals surface area contributed by atoms with Crippen molar-refractivity contribution in [3.8, 4) is 0 Å². The van der Waals surface area contributed by atoms with Gasteiger partial charge in [0.25, 0.3) is 11.8 Å². The number of nitrogens with zero attached hydrogens (tertiary/aromatic N) is 1. The molecule has 2 heterocycles. The maximum Gasteiger partial charge on any atom is 0.264 e. The van der Waals surface area contributed by atoms with E-state index in [1.807, 2.05) is 0 Å². The minimum Gasteiger partial charge on any atom is -0.325 e. The maximum atomic E-state index is 13.1. The van der Waals surface area contributed by atoms with Gasteiger partial charge in [-0.1, -0.05) is 53.8 Å². The summed E-state index contributed by atoms with van der Waals surface area (Å²) in [7, 11) is 0. The van der Waals surface area contributed by atoms with E-state index in [-0.39, 0.29) is 22.9 Å². The standard InChI is InChI=1S/C19H12ClN3O3S2/c20-10-5-7-11(8-6-10)21-14(24)9-23-13-4-2-1-3-12(13)15(18(23)26)16-17(25)22-19(27)28-16/h1-8H,9H2,(H,21,24)(H,22,25,27). The molecule has 9 heteroatoms. The summed E-state index contributed by atoms with van der Waals surface area (Å²) in [6.07, 6.45) is 0. The summed E-state index contributed by atoms with van der Waals surface area (Å²) >= 11 is 11.9. The van der Waals surface area contributed by atoms with Gasteiger partial charge in [-0.15, -0.1) is 0 Å². The molecule has 4 rings (SSSR count). The number of amides is 3. The van der Waals surface area contributed by atoms with Gasteiger partial charge < -0.3 is 10.6 Å². The lowest BCUT2D eigenvalue weighted by molar-refractivity contribution is -0.118. The number of fused-ring (bicyclic) bond motifs is 1. The Balaban J connectivity index is 1.63. The molecule has 0 aliphatic carbocycles. The first-order valence-electron chi connectivity index (χ1n) is 8.18. The molecule has 0 radical (unpaired) electrons. The average Bonchev–Trinajstić information content (AvgIpc) is 3.13. The Kier molecular flexibility index (Phi) is 4.92. The fraction of sp³-hybridized carbons (Fsp3) is 0.0526. The molecule has 2 aliphatic rings. The van der Waals surface area contributed by atoms with Crippen LogP contribution in [0.15, 0.2) is 53.4 Å². The fourth-order valence-corrected chi connectivity index (χ4v) is 4.25. The van der Waals surface area contributed by atoms with Crippen molar-refractivity contribution < 1.29 is 14.4 Å². The second-order valence-corrected chi connectivity index (χ2v) is 8.14. The zero-order valence-corrected chi connectivity index (χ0v) is 16.6. The molecule has 2 N–H and O–H groups in total. The summed E-state index contributed by atoms with van der Waals surface area (Å²) in [6, 6.07) is 13.7. The number of para-hydroxylation sites is 1. The number of anilines is 2. The van der Waals surface area contributed by atoms with Crippen molar-refractivity contribution in [2.45, 2.75) is 0 Å². The van der Waals surface area contributed by atoms with E-state index in [9.17, 15) is 14.4 Å². The zero-order valence-electron chi connectivity index (χ0n) is 14.2. The molecule has 2 aromatic rings. The highest BCUT2D eigenvalue weighted by Gasteiger charge is 2.39. The minimum atomic E-state index is -0.408. The molecular weight excluding hydrogens is 418 g/mol. The van der Waals surface area contributed by atoms with Crippen LogP contribution in [0.4, 0.5) is 11.4 Å². The first kappa shape index (κ1) is 18.7. The van der Waals surface area contributed by atoms with Gasteiger partial charge in [-0.05, 0) is 30.3 Å². The molecule has 1 fully saturated rings. The number of carbonyl (C=O) groups excluding carboxylic acids is 3. The first-order valence-corrected chi connectivity index (χ1v) is 9.78. The van der Waals surface area contributed by atoms with E-state index in [1.165, 1.54) is 4.90 Å². The monoisotopic (exact) mass is 429 g/mol. The van der Waals surface area contributed by atoms with E-state index >= 15 is 0 Å². The van der Waals surface area contributed by atoms with Crippen LogP contribution in [0.2, 0.25) is 5.02 Å². The molecule has 1 saturated heterocycles. The number of hydrogen-bond acceptors (Lipinski definition) is 5. The van der Waals surface area contributed by atoms with E-state index in [1.54, 1.807) is 48.5 Å². The van der Waals surface area contributed by atoms with Crippen molar-refractivity contribution in [1.29, 1.82) is 0 Å². The van der Waals surface area contributed by atoms with Crippen LogP contribution in [0.25, 0.3) is 5.57 Å². The van der Waals surface area contributed by atoms with Crippen LogP contribution in [0.3, 0.4) is 0 Å².